The third-order valence-electron chi connectivity index (χ3n) is 2.47. The molecular formula is C16H20O6. The highest BCUT2D eigenvalue weighted by Crippen LogP contribution is 2.28. The Hall–Kier alpha value is -2.31. The van der Waals surface area contributed by atoms with Crippen molar-refractivity contribution in [3.63, 3.8) is 0 Å². The predicted octanol–water partition coefficient (Wildman–Crippen LogP) is 2.39. The van der Waals surface area contributed by atoms with Gasteiger partial charge in [-0.3, -0.25) is 0 Å². The maximum Gasteiger partial charge on any atom is 0.332 e. The Labute approximate surface area is 129 Å². The Bertz CT molecular complexity index is 521. The molecule has 0 aliphatic heterocycles. The predicted molar refractivity (Wildman–Crippen MR) is 81.6 cm³/mol. The molecule has 6 heteroatoms. The molecule has 1 rings (SSSR count). The summed E-state index contributed by atoms with van der Waals surface area (Å²) in [6.45, 7) is 0.0882. The number of methoxy groups -OCH3 is 3. The number of allylic oxidation sites excluding steroid dienone is 2. The summed E-state index contributed by atoms with van der Waals surface area (Å²) in [5, 5.41) is 0. The van der Waals surface area contributed by atoms with E-state index in [1.165, 1.54) is 13.2 Å². The molecule has 0 aliphatic rings. The van der Waals surface area contributed by atoms with E-state index < -0.39 is 5.97 Å². The Balaban J connectivity index is 2.63. The molecule has 0 saturated carbocycles. The minimum atomic E-state index is -0.465. The van der Waals surface area contributed by atoms with Gasteiger partial charge in [-0.05, 0) is 17.7 Å². The van der Waals surface area contributed by atoms with E-state index >= 15 is 0 Å². The van der Waals surface area contributed by atoms with Crippen LogP contribution in [0.1, 0.15) is 5.56 Å². The van der Waals surface area contributed by atoms with E-state index in [0.717, 1.165) is 5.56 Å². The van der Waals surface area contributed by atoms with Gasteiger partial charge in [0.25, 0.3) is 0 Å². The smallest absolute Gasteiger partial charge is 0.332 e. The summed E-state index contributed by atoms with van der Waals surface area (Å²) < 4.78 is 24.8. The molecule has 0 unspecified atom stereocenters. The first kappa shape index (κ1) is 17.7. The van der Waals surface area contributed by atoms with Gasteiger partial charge in [0.05, 0.1) is 7.11 Å². The van der Waals surface area contributed by atoms with Crippen molar-refractivity contribution in [3.8, 4) is 11.5 Å². The molecule has 0 saturated heterocycles. The second-order valence-electron chi connectivity index (χ2n) is 4.05. The molecule has 0 heterocycles. The first-order chi connectivity index (χ1) is 10.7. The molecule has 0 radical (unpaired) electrons. The molecule has 0 bridgehead atoms. The number of hydrogen-bond acceptors (Lipinski definition) is 6. The van der Waals surface area contributed by atoms with Gasteiger partial charge in [0.15, 0.2) is 25.1 Å². The average Bonchev–Trinajstić information content (AvgIpc) is 2.55. The molecule has 22 heavy (non-hydrogen) atoms. The van der Waals surface area contributed by atoms with Crippen LogP contribution in [-0.4, -0.2) is 40.9 Å². The number of benzene rings is 1. The molecule has 0 aliphatic carbocycles. The zero-order chi connectivity index (χ0) is 16.2. The van der Waals surface area contributed by atoms with E-state index in [1.807, 2.05) is 18.2 Å². The molecule has 0 N–H and O–H groups in total. The lowest BCUT2D eigenvalue weighted by molar-refractivity contribution is -0.147. The molecule has 0 spiro atoms. The van der Waals surface area contributed by atoms with Crippen molar-refractivity contribution in [1.29, 1.82) is 0 Å². The third-order valence-corrected chi connectivity index (χ3v) is 2.47. The van der Waals surface area contributed by atoms with Crippen molar-refractivity contribution in [3.05, 3.63) is 42.0 Å². The second kappa shape index (κ2) is 10.4. The Morgan fingerprint density at radius 2 is 1.82 bits per heavy atom. The molecular weight excluding hydrogens is 288 g/mol. The maximum atomic E-state index is 11.2. The highest BCUT2D eigenvalue weighted by molar-refractivity contribution is 5.82. The number of carbonyl (C=O) groups is 1. The molecule has 6 nitrogen and oxygen atoms in total. The van der Waals surface area contributed by atoms with E-state index in [-0.39, 0.29) is 13.6 Å². The van der Waals surface area contributed by atoms with Crippen LogP contribution in [0.4, 0.5) is 0 Å². The van der Waals surface area contributed by atoms with Crippen LogP contribution in [-0.2, 0) is 19.0 Å². The van der Waals surface area contributed by atoms with Gasteiger partial charge in [0, 0.05) is 20.3 Å². The largest absolute Gasteiger partial charge is 0.493 e. The summed E-state index contributed by atoms with van der Waals surface area (Å²) in [6.07, 6.45) is 6.43. The second-order valence-corrected chi connectivity index (χ2v) is 4.05. The number of esters is 1. The summed E-state index contributed by atoms with van der Waals surface area (Å²) >= 11 is 0. The SMILES string of the molecule is COCOC(=O)C=CC=Cc1ccc(OCOC)c(OC)c1. The lowest BCUT2D eigenvalue weighted by Crippen LogP contribution is -2.02. The van der Waals surface area contributed by atoms with Crippen LogP contribution < -0.4 is 9.47 Å². The number of rotatable bonds is 9. The third kappa shape index (κ3) is 6.43. The van der Waals surface area contributed by atoms with Crippen molar-refractivity contribution in [1.82, 2.24) is 0 Å². The number of hydrogen-bond donors (Lipinski definition) is 0. The monoisotopic (exact) mass is 308 g/mol. The van der Waals surface area contributed by atoms with E-state index in [0.29, 0.717) is 11.5 Å². The summed E-state index contributed by atoms with van der Waals surface area (Å²) in [7, 11) is 4.56. The zero-order valence-corrected chi connectivity index (χ0v) is 12.9. The molecule has 0 amide bonds. The number of carbonyl (C=O) groups excluding carboxylic acids is 1. The summed E-state index contributed by atoms with van der Waals surface area (Å²) in [5.41, 5.74) is 0.900. The molecule has 1 aromatic carbocycles. The van der Waals surface area contributed by atoms with Crippen LogP contribution in [0.15, 0.2) is 36.4 Å². The molecule has 0 atom stereocenters. The van der Waals surface area contributed by atoms with Gasteiger partial charge in [-0.25, -0.2) is 4.79 Å². The van der Waals surface area contributed by atoms with E-state index in [4.69, 9.17) is 18.9 Å². The highest BCUT2D eigenvalue weighted by Gasteiger charge is 2.04. The van der Waals surface area contributed by atoms with Crippen molar-refractivity contribution in [2.75, 3.05) is 34.9 Å². The fourth-order valence-electron chi connectivity index (χ4n) is 1.50. The van der Waals surface area contributed by atoms with Gasteiger partial charge < -0.3 is 23.7 Å². The first-order valence-electron chi connectivity index (χ1n) is 6.51. The quantitative estimate of drug-likeness (QED) is 0.302. The molecule has 0 fully saturated rings. The van der Waals surface area contributed by atoms with Crippen LogP contribution in [0.25, 0.3) is 6.08 Å². The van der Waals surface area contributed by atoms with Crippen molar-refractivity contribution < 1.29 is 28.5 Å². The van der Waals surface area contributed by atoms with Crippen molar-refractivity contribution in [2.24, 2.45) is 0 Å². The normalized spacial score (nSPS) is 11.0. The summed E-state index contributed by atoms with van der Waals surface area (Å²) in [5.74, 6) is 0.732. The first-order valence-corrected chi connectivity index (χ1v) is 6.51. The Morgan fingerprint density at radius 1 is 1.05 bits per heavy atom. The van der Waals surface area contributed by atoms with Gasteiger partial charge in [-0.15, -0.1) is 0 Å². The van der Waals surface area contributed by atoms with Crippen LogP contribution in [0, 0.1) is 0 Å². The minimum absolute atomic E-state index is 0.0625. The van der Waals surface area contributed by atoms with Crippen LogP contribution in [0.2, 0.25) is 0 Å². The maximum absolute atomic E-state index is 11.2. The van der Waals surface area contributed by atoms with Crippen molar-refractivity contribution in [2.45, 2.75) is 0 Å². The van der Waals surface area contributed by atoms with Gasteiger partial charge in [0.2, 0.25) is 0 Å². The van der Waals surface area contributed by atoms with E-state index in [2.05, 4.69) is 4.74 Å². The Kier molecular flexibility index (Phi) is 8.40. The lowest BCUT2D eigenvalue weighted by atomic mass is 10.2. The van der Waals surface area contributed by atoms with Gasteiger partial charge in [0.1, 0.15) is 0 Å². The lowest BCUT2D eigenvalue weighted by Gasteiger charge is -2.10. The van der Waals surface area contributed by atoms with Crippen LogP contribution in [0.5, 0.6) is 11.5 Å². The highest BCUT2D eigenvalue weighted by atomic mass is 16.7. The van der Waals surface area contributed by atoms with Gasteiger partial charge in [-0.1, -0.05) is 24.3 Å². The standard InChI is InChI=1S/C16H20O6/c1-18-11-21-14-9-8-13(10-15(14)20-3)6-4-5-7-16(17)22-12-19-2/h4-10H,11-12H2,1-3H3. The van der Waals surface area contributed by atoms with E-state index in [9.17, 15) is 4.79 Å². The number of ether oxygens (including phenoxy) is 5. The molecule has 120 valence electrons. The van der Waals surface area contributed by atoms with E-state index in [1.54, 1.807) is 32.4 Å². The minimum Gasteiger partial charge on any atom is -0.493 e. The summed E-state index contributed by atoms with van der Waals surface area (Å²) in [6, 6.07) is 5.47. The Morgan fingerprint density at radius 3 is 2.50 bits per heavy atom. The zero-order valence-electron chi connectivity index (χ0n) is 12.9. The van der Waals surface area contributed by atoms with Crippen molar-refractivity contribution >= 4 is 12.0 Å². The topological polar surface area (TPSA) is 63.2 Å². The average molecular weight is 308 g/mol. The fourth-order valence-corrected chi connectivity index (χ4v) is 1.50. The van der Waals surface area contributed by atoms with Gasteiger partial charge >= 0.3 is 5.97 Å². The summed E-state index contributed by atoms with van der Waals surface area (Å²) in [4.78, 5) is 11.2. The van der Waals surface area contributed by atoms with Crippen LogP contribution in [0.3, 0.4) is 0 Å². The molecule has 1 aromatic rings. The van der Waals surface area contributed by atoms with Crippen LogP contribution >= 0.6 is 0 Å². The fraction of sp³-hybridized carbons (Fsp3) is 0.312. The molecule has 0 aromatic heterocycles. The van der Waals surface area contributed by atoms with Gasteiger partial charge in [-0.2, -0.15) is 0 Å².